The molecule has 2 amide bonds. The Labute approximate surface area is 180 Å². The Bertz CT molecular complexity index is 955. The molecule has 2 aromatic rings. The average Bonchev–Trinajstić information content (AvgIpc) is 3.21. The summed E-state index contributed by atoms with van der Waals surface area (Å²) in [4.78, 5) is 28.6. The highest BCUT2D eigenvalue weighted by molar-refractivity contribution is 6.30. The number of anilines is 2. The molecule has 1 aliphatic heterocycles. The van der Waals surface area contributed by atoms with Gasteiger partial charge in [-0.25, -0.2) is 4.99 Å². The monoisotopic (exact) mass is 428 g/mol. The highest BCUT2D eigenvalue weighted by Crippen LogP contribution is 2.20. The van der Waals surface area contributed by atoms with Gasteiger partial charge in [0.1, 0.15) is 0 Å². The van der Waals surface area contributed by atoms with E-state index in [1.165, 1.54) is 6.92 Å². The fourth-order valence-electron chi connectivity index (χ4n) is 3.11. The van der Waals surface area contributed by atoms with Gasteiger partial charge in [0.2, 0.25) is 11.9 Å². The van der Waals surface area contributed by atoms with Gasteiger partial charge in [-0.05, 0) is 61.7 Å². The van der Waals surface area contributed by atoms with Crippen molar-refractivity contribution in [2.45, 2.75) is 32.8 Å². The molecule has 0 aromatic heterocycles. The summed E-state index contributed by atoms with van der Waals surface area (Å²) in [5.41, 5.74) is 2.67. The zero-order chi connectivity index (χ0) is 21.5. The van der Waals surface area contributed by atoms with Crippen molar-refractivity contribution in [3.8, 4) is 0 Å². The van der Waals surface area contributed by atoms with E-state index in [1.807, 2.05) is 19.1 Å². The molecule has 1 fully saturated rings. The van der Waals surface area contributed by atoms with Gasteiger partial charge in [-0.3, -0.25) is 14.9 Å². The number of ether oxygens (including phenoxy) is 1. The molecule has 3 N–H and O–H groups in total. The van der Waals surface area contributed by atoms with Crippen LogP contribution in [0.5, 0.6) is 0 Å². The second-order valence-electron chi connectivity index (χ2n) is 7.12. The van der Waals surface area contributed by atoms with E-state index in [9.17, 15) is 9.59 Å². The van der Waals surface area contributed by atoms with Crippen LogP contribution in [0.3, 0.4) is 0 Å². The second-order valence-corrected chi connectivity index (χ2v) is 7.56. The summed E-state index contributed by atoms with van der Waals surface area (Å²) in [5, 5.41) is 9.32. The van der Waals surface area contributed by atoms with Crippen LogP contribution in [0.15, 0.2) is 47.5 Å². The Morgan fingerprint density at radius 3 is 2.73 bits per heavy atom. The smallest absolute Gasteiger partial charge is 0.258 e. The minimum absolute atomic E-state index is 0.0492. The van der Waals surface area contributed by atoms with Crippen molar-refractivity contribution in [2.75, 3.05) is 23.8 Å². The van der Waals surface area contributed by atoms with Crippen LogP contribution in [0.25, 0.3) is 0 Å². The van der Waals surface area contributed by atoms with Gasteiger partial charge in [0.15, 0.2) is 0 Å². The van der Waals surface area contributed by atoms with E-state index in [4.69, 9.17) is 16.3 Å². The zero-order valence-electron chi connectivity index (χ0n) is 17.0. The average molecular weight is 429 g/mol. The van der Waals surface area contributed by atoms with Crippen LogP contribution in [-0.2, 0) is 9.53 Å². The summed E-state index contributed by atoms with van der Waals surface area (Å²) in [6.45, 7) is 4.52. The number of carbonyl (C=O) groups excluding carboxylic acids is 2. The third kappa shape index (κ3) is 6.30. The molecule has 3 rings (SSSR count). The summed E-state index contributed by atoms with van der Waals surface area (Å²) < 4.78 is 5.63. The fourth-order valence-corrected chi connectivity index (χ4v) is 3.33. The number of benzene rings is 2. The Kier molecular flexibility index (Phi) is 7.43. The SMILES string of the molecule is CC(=O)Nc1cccc(C(=O)NC(=NC[C@H]2CCCO2)Nc2ccc(Cl)cc2C)c1. The summed E-state index contributed by atoms with van der Waals surface area (Å²) in [7, 11) is 0. The van der Waals surface area contributed by atoms with Crippen LogP contribution in [0.1, 0.15) is 35.7 Å². The maximum absolute atomic E-state index is 12.8. The Morgan fingerprint density at radius 2 is 2.03 bits per heavy atom. The van der Waals surface area contributed by atoms with E-state index in [1.54, 1.807) is 30.3 Å². The van der Waals surface area contributed by atoms with Crippen molar-refractivity contribution in [3.05, 3.63) is 58.6 Å². The van der Waals surface area contributed by atoms with Gasteiger partial charge in [0, 0.05) is 35.5 Å². The molecule has 30 heavy (non-hydrogen) atoms. The molecule has 7 nitrogen and oxygen atoms in total. The number of aryl methyl sites for hydroxylation is 1. The Morgan fingerprint density at radius 1 is 1.20 bits per heavy atom. The molecule has 1 aliphatic rings. The lowest BCUT2D eigenvalue weighted by molar-refractivity contribution is -0.114. The van der Waals surface area contributed by atoms with Gasteiger partial charge in [-0.1, -0.05) is 17.7 Å². The number of amides is 2. The number of halogens is 1. The first kappa shape index (κ1) is 21.8. The molecule has 1 heterocycles. The third-order valence-corrected chi connectivity index (χ3v) is 4.83. The van der Waals surface area contributed by atoms with E-state index in [0.29, 0.717) is 28.8 Å². The summed E-state index contributed by atoms with van der Waals surface area (Å²) in [5.74, 6) is -0.218. The first-order valence-corrected chi connectivity index (χ1v) is 10.2. The number of hydrogen-bond acceptors (Lipinski definition) is 4. The lowest BCUT2D eigenvalue weighted by Gasteiger charge is -2.15. The van der Waals surface area contributed by atoms with Crippen LogP contribution in [0, 0.1) is 6.92 Å². The van der Waals surface area contributed by atoms with Crippen molar-refractivity contribution >= 4 is 40.7 Å². The minimum atomic E-state index is -0.340. The Hall–Kier alpha value is -2.90. The van der Waals surface area contributed by atoms with Crippen molar-refractivity contribution in [3.63, 3.8) is 0 Å². The van der Waals surface area contributed by atoms with Gasteiger partial charge in [0.05, 0.1) is 12.6 Å². The molecule has 2 aromatic carbocycles. The maximum atomic E-state index is 12.8. The van der Waals surface area contributed by atoms with Crippen molar-refractivity contribution in [1.29, 1.82) is 0 Å². The van der Waals surface area contributed by atoms with Gasteiger partial charge in [0.25, 0.3) is 5.91 Å². The lowest BCUT2D eigenvalue weighted by Crippen LogP contribution is -2.37. The number of hydrogen-bond donors (Lipinski definition) is 3. The maximum Gasteiger partial charge on any atom is 0.258 e. The molecular formula is C22H25ClN4O3. The number of nitrogens with one attached hydrogen (secondary N) is 3. The summed E-state index contributed by atoms with van der Waals surface area (Å²) in [6.07, 6.45) is 2.01. The van der Waals surface area contributed by atoms with E-state index < -0.39 is 0 Å². The highest BCUT2D eigenvalue weighted by atomic mass is 35.5. The molecule has 0 bridgehead atoms. The predicted octanol–water partition coefficient (Wildman–Crippen LogP) is 3.98. The largest absolute Gasteiger partial charge is 0.376 e. The number of carbonyl (C=O) groups is 2. The number of aliphatic imine (C=N–C) groups is 1. The quantitative estimate of drug-likeness (QED) is 0.496. The number of guanidine groups is 1. The van der Waals surface area contributed by atoms with Crippen molar-refractivity contribution < 1.29 is 14.3 Å². The molecule has 0 spiro atoms. The van der Waals surface area contributed by atoms with Gasteiger partial charge in [-0.2, -0.15) is 0 Å². The highest BCUT2D eigenvalue weighted by Gasteiger charge is 2.16. The standard InChI is InChI=1S/C22H25ClN4O3/c1-14-11-17(23)8-9-20(14)26-22(24-13-19-7-4-10-30-19)27-21(29)16-5-3-6-18(12-16)25-15(2)28/h3,5-6,8-9,11-12,19H,4,7,10,13H2,1-2H3,(H,25,28)(H2,24,26,27,29)/t19-/m1/s1. The fraction of sp³-hybridized carbons (Fsp3) is 0.318. The first-order valence-electron chi connectivity index (χ1n) is 9.79. The van der Waals surface area contributed by atoms with Crippen LogP contribution in [0.4, 0.5) is 11.4 Å². The van der Waals surface area contributed by atoms with Crippen LogP contribution in [-0.4, -0.2) is 37.0 Å². The molecule has 0 radical (unpaired) electrons. The van der Waals surface area contributed by atoms with E-state index >= 15 is 0 Å². The van der Waals surface area contributed by atoms with E-state index in [2.05, 4.69) is 20.9 Å². The molecule has 8 heteroatoms. The van der Waals surface area contributed by atoms with Gasteiger partial charge < -0.3 is 15.4 Å². The van der Waals surface area contributed by atoms with Crippen LogP contribution >= 0.6 is 11.6 Å². The minimum Gasteiger partial charge on any atom is -0.376 e. The molecule has 1 saturated heterocycles. The molecular weight excluding hydrogens is 404 g/mol. The third-order valence-electron chi connectivity index (χ3n) is 4.60. The first-order chi connectivity index (χ1) is 14.4. The molecule has 0 aliphatic carbocycles. The molecule has 158 valence electrons. The van der Waals surface area contributed by atoms with Gasteiger partial charge >= 0.3 is 0 Å². The van der Waals surface area contributed by atoms with E-state index in [0.717, 1.165) is 30.7 Å². The topological polar surface area (TPSA) is 91.8 Å². The van der Waals surface area contributed by atoms with Crippen LogP contribution in [0.2, 0.25) is 5.02 Å². The molecule has 0 saturated carbocycles. The van der Waals surface area contributed by atoms with Crippen molar-refractivity contribution in [1.82, 2.24) is 5.32 Å². The van der Waals surface area contributed by atoms with E-state index in [-0.39, 0.29) is 17.9 Å². The summed E-state index contributed by atoms with van der Waals surface area (Å²) in [6, 6.07) is 12.2. The molecule has 1 atom stereocenters. The number of nitrogens with zero attached hydrogens (tertiary/aromatic N) is 1. The van der Waals surface area contributed by atoms with Crippen LogP contribution < -0.4 is 16.0 Å². The summed E-state index contributed by atoms with van der Waals surface area (Å²) >= 11 is 6.04. The lowest BCUT2D eigenvalue weighted by atomic mass is 10.2. The zero-order valence-corrected chi connectivity index (χ0v) is 17.8. The second kappa shape index (κ2) is 10.2. The normalized spacial score (nSPS) is 16.2. The number of rotatable bonds is 5. The Balaban J connectivity index is 1.77. The molecule has 0 unspecified atom stereocenters. The predicted molar refractivity (Wildman–Crippen MR) is 119 cm³/mol. The van der Waals surface area contributed by atoms with Gasteiger partial charge in [-0.15, -0.1) is 0 Å². The van der Waals surface area contributed by atoms with Crippen molar-refractivity contribution in [2.24, 2.45) is 4.99 Å².